The monoisotopic (exact) mass is 321 g/mol. The first-order valence-corrected chi connectivity index (χ1v) is 7.38. The molecule has 1 N–H and O–H groups in total. The molecule has 24 heavy (non-hydrogen) atoms. The second-order valence-corrected chi connectivity index (χ2v) is 5.34. The fourth-order valence-electron chi connectivity index (χ4n) is 2.06. The van der Waals surface area contributed by atoms with Crippen LogP contribution in [0.4, 0.5) is 11.4 Å². The zero-order valence-corrected chi connectivity index (χ0v) is 13.9. The Morgan fingerprint density at radius 3 is 2.25 bits per heavy atom. The van der Waals surface area contributed by atoms with Crippen molar-refractivity contribution in [2.75, 3.05) is 31.4 Å². The van der Waals surface area contributed by atoms with Crippen molar-refractivity contribution in [1.29, 1.82) is 5.26 Å². The van der Waals surface area contributed by atoms with Gasteiger partial charge in [-0.25, -0.2) is 0 Å². The Hall–Kier alpha value is -3.26. The maximum Gasteiger partial charge on any atom is 0.266 e. The molecule has 0 atom stereocenters. The van der Waals surface area contributed by atoms with E-state index in [-0.39, 0.29) is 5.57 Å². The minimum atomic E-state index is -0.439. The molecule has 5 nitrogen and oxygen atoms in total. The van der Waals surface area contributed by atoms with Crippen LogP contribution in [0.1, 0.15) is 5.56 Å². The zero-order valence-electron chi connectivity index (χ0n) is 13.9. The van der Waals surface area contributed by atoms with Crippen molar-refractivity contribution < 1.29 is 9.53 Å². The molecular formula is C19H19N3O2. The van der Waals surface area contributed by atoms with Gasteiger partial charge in [-0.3, -0.25) is 4.79 Å². The molecule has 0 saturated heterocycles. The Bertz CT molecular complexity index is 770. The van der Waals surface area contributed by atoms with Crippen molar-refractivity contribution in [2.24, 2.45) is 0 Å². The van der Waals surface area contributed by atoms with Crippen LogP contribution in [0.3, 0.4) is 0 Å². The molecule has 0 spiro atoms. The smallest absolute Gasteiger partial charge is 0.266 e. The van der Waals surface area contributed by atoms with E-state index in [1.807, 2.05) is 37.2 Å². The minimum Gasteiger partial charge on any atom is -0.497 e. The van der Waals surface area contributed by atoms with Gasteiger partial charge in [0.15, 0.2) is 0 Å². The summed E-state index contributed by atoms with van der Waals surface area (Å²) in [6.45, 7) is 0. The number of nitriles is 1. The third kappa shape index (κ3) is 4.37. The van der Waals surface area contributed by atoms with E-state index >= 15 is 0 Å². The molecule has 1 amide bonds. The SMILES string of the molecule is COc1ccc(C=C(C#N)C(=O)Nc2ccc(N(C)C)cc2)cc1. The average molecular weight is 321 g/mol. The van der Waals surface area contributed by atoms with Gasteiger partial charge < -0.3 is 15.0 Å². The van der Waals surface area contributed by atoms with E-state index in [9.17, 15) is 10.1 Å². The predicted octanol–water partition coefficient (Wildman–Crippen LogP) is 3.31. The summed E-state index contributed by atoms with van der Waals surface area (Å²) < 4.78 is 5.08. The Morgan fingerprint density at radius 2 is 1.75 bits per heavy atom. The molecule has 0 aliphatic heterocycles. The third-order valence-corrected chi connectivity index (χ3v) is 3.43. The maximum absolute atomic E-state index is 12.3. The molecule has 0 aliphatic rings. The van der Waals surface area contributed by atoms with Crippen LogP contribution < -0.4 is 15.0 Å². The van der Waals surface area contributed by atoms with Crippen molar-refractivity contribution in [2.45, 2.75) is 0 Å². The van der Waals surface area contributed by atoms with E-state index in [0.29, 0.717) is 5.69 Å². The normalized spacial score (nSPS) is 10.7. The largest absolute Gasteiger partial charge is 0.497 e. The van der Waals surface area contributed by atoms with Gasteiger partial charge in [0.25, 0.3) is 5.91 Å². The number of hydrogen-bond acceptors (Lipinski definition) is 4. The molecule has 0 aromatic heterocycles. The van der Waals surface area contributed by atoms with E-state index in [1.165, 1.54) is 0 Å². The first-order valence-electron chi connectivity index (χ1n) is 7.38. The second-order valence-electron chi connectivity index (χ2n) is 5.34. The van der Waals surface area contributed by atoms with E-state index in [0.717, 1.165) is 17.0 Å². The summed E-state index contributed by atoms with van der Waals surface area (Å²) in [6, 6.07) is 16.5. The van der Waals surface area contributed by atoms with Crippen molar-refractivity contribution in [3.05, 3.63) is 59.7 Å². The zero-order chi connectivity index (χ0) is 17.5. The summed E-state index contributed by atoms with van der Waals surface area (Å²) >= 11 is 0. The minimum absolute atomic E-state index is 0.0388. The molecule has 122 valence electrons. The molecule has 0 aliphatic carbocycles. The highest BCUT2D eigenvalue weighted by Crippen LogP contribution is 2.17. The van der Waals surface area contributed by atoms with Gasteiger partial charge in [0.1, 0.15) is 17.4 Å². The lowest BCUT2D eigenvalue weighted by atomic mass is 10.1. The Balaban J connectivity index is 2.13. The molecule has 0 radical (unpaired) electrons. The van der Waals surface area contributed by atoms with E-state index in [2.05, 4.69) is 5.32 Å². The first-order chi connectivity index (χ1) is 11.5. The van der Waals surface area contributed by atoms with Gasteiger partial charge in [0, 0.05) is 25.5 Å². The maximum atomic E-state index is 12.3. The lowest BCUT2D eigenvalue weighted by Gasteiger charge is -2.12. The lowest BCUT2D eigenvalue weighted by Crippen LogP contribution is -2.14. The number of amides is 1. The molecule has 2 aromatic carbocycles. The van der Waals surface area contributed by atoms with Gasteiger partial charge in [-0.2, -0.15) is 5.26 Å². The first kappa shape index (κ1) is 17.1. The van der Waals surface area contributed by atoms with Gasteiger partial charge in [0.2, 0.25) is 0 Å². The molecule has 0 heterocycles. The van der Waals surface area contributed by atoms with E-state index < -0.39 is 5.91 Å². The number of carbonyl (C=O) groups is 1. The highest BCUT2D eigenvalue weighted by Gasteiger charge is 2.09. The van der Waals surface area contributed by atoms with Crippen LogP contribution in [-0.4, -0.2) is 27.1 Å². The number of nitrogens with zero attached hydrogens (tertiary/aromatic N) is 2. The number of methoxy groups -OCH3 is 1. The standard InChI is InChI=1S/C19H19N3O2/c1-22(2)17-8-6-16(7-9-17)21-19(23)15(13-20)12-14-4-10-18(24-3)11-5-14/h4-12H,1-3H3,(H,21,23). The summed E-state index contributed by atoms with van der Waals surface area (Å²) in [4.78, 5) is 14.2. The van der Waals surface area contributed by atoms with E-state index in [1.54, 1.807) is 49.6 Å². The van der Waals surface area contributed by atoms with Crippen LogP contribution in [0, 0.1) is 11.3 Å². The summed E-state index contributed by atoms with van der Waals surface area (Å²) in [5, 5.41) is 12.0. The number of nitrogens with one attached hydrogen (secondary N) is 1. The van der Waals surface area contributed by atoms with Crippen molar-refractivity contribution in [3.63, 3.8) is 0 Å². The summed E-state index contributed by atoms with van der Waals surface area (Å²) in [7, 11) is 5.47. The molecule has 0 fully saturated rings. The molecular weight excluding hydrogens is 302 g/mol. The molecule has 5 heteroatoms. The van der Waals surface area contributed by atoms with Crippen LogP contribution >= 0.6 is 0 Å². The molecule has 0 unspecified atom stereocenters. The third-order valence-electron chi connectivity index (χ3n) is 3.43. The van der Waals surface area contributed by atoms with E-state index in [4.69, 9.17) is 4.74 Å². The van der Waals surface area contributed by atoms with Crippen LogP contribution in [0.25, 0.3) is 6.08 Å². The fraction of sp³-hybridized carbons (Fsp3) is 0.158. The summed E-state index contributed by atoms with van der Waals surface area (Å²) in [6.07, 6.45) is 1.54. The fourth-order valence-corrected chi connectivity index (χ4v) is 2.06. The van der Waals surface area contributed by atoms with Gasteiger partial charge in [0.05, 0.1) is 7.11 Å². The quantitative estimate of drug-likeness (QED) is 0.678. The highest BCUT2D eigenvalue weighted by atomic mass is 16.5. The number of rotatable bonds is 5. The Kier molecular flexibility index (Phi) is 5.58. The van der Waals surface area contributed by atoms with Gasteiger partial charge in [-0.15, -0.1) is 0 Å². The summed E-state index contributed by atoms with van der Waals surface area (Å²) in [5.74, 6) is 0.280. The molecule has 0 bridgehead atoms. The van der Waals surface area contributed by atoms with Crippen molar-refractivity contribution in [1.82, 2.24) is 0 Å². The van der Waals surface area contributed by atoms with Crippen LogP contribution in [0.2, 0.25) is 0 Å². The molecule has 2 rings (SSSR count). The number of benzene rings is 2. The van der Waals surface area contributed by atoms with Gasteiger partial charge >= 0.3 is 0 Å². The van der Waals surface area contributed by atoms with Crippen LogP contribution in [0.15, 0.2) is 54.1 Å². The van der Waals surface area contributed by atoms with Crippen molar-refractivity contribution in [3.8, 4) is 11.8 Å². The van der Waals surface area contributed by atoms with Crippen LogP contribution in [0.5, 0.6) is 5.75 Å². The van der Waals surface area contributed by atoms with Gasteiger partial charge in [-0.1, -0.05) is 12.1 Å². The molecule has 2 aromatic rings. The van der Waals surface area contributed by atoms with Crippen molar-refractivity contribution >= 4 is 23.4 Å². The Labute approximate surface area is 141 Å². The summed E-state index contributed by atoms with van der Waals surface area (Å²) in [5.41, 5.74) is 2.46. The topological polar surface area (TPSA) is 65.4 Å². The number of hydrogen-bond donors (Lipinski definition) is 1. The van der Waals surface area contributed by atoms with Crippen LogP contribution in [-0.2, 0) is 4.79 Å². The molecule has 0 saturated carbocycles. The number of anilines is 2. The lowest BCUT2D eigenvalue weighted by molar-refractivity contribution is -0.112. The Morgan fingerprint density at radius 1 is 1.12 bits per heavy atom. The van der Waals surface area contributed by atoms with Gasteiger partial charge in [-0.05, 0) is 48.0 Å². The highest BCUT2D eigenvalue weighted by molar-refractivity contribution is 6.09. The number of ether oxygens (including phenoxy) is 1. The number of carbonyl (C=O) groups excluding carboxylic acids is 1. The average Bonchev–Trinajstić information content (AvgIpc) is 2.60. The predicted molar refractivity (Wildman–Crippen MR) is 96.0 cm³/mol. The second kappa shape index (κ2) is 7.84.